The molecule has 7 heteroatoms. The second kappa shape index (κ2) is 5.24. The van der Waals surface area contributed by atoms with Gasteiger partial charge in [-0.1, -0.05) is 22.0 Å². The quantitative estimate of drug-likeness (QED) is 0.673. The normalized spacial score (nSPS) is 11.8. The van der Waals surface area contributed by atoms with Crippen LogP contribution in [-0.4, -0.2) is 15.8 Å². The van der Waals surface area contributed by atoms with E-state index in [0.29, 0.717) is 5.39 Å². The Balaban J connectivity index is 2.08. The van der Waals surface area contributed by atoms with Crippen LogP contribution >= 0.6 is 15.9 Å². The van der Waals surface area contributed by atoms with Gasteiger partial charge in [0.15, 0.2) is 0 Å². The molecule has 0 radical (unpaired) electrons. The van der Waals surface area contributed by atoms with Crippen molar-refractivity contribution in [3.05, 3.63) is 64.0 Å². The van der Waals surface area contributed by atoms with Crippen LogP contribution in [0.2, 0.25) is 0 Å². The number of fused-ring (bicyclic) bond motifs is 1. The van der Waals surface area contributed by atoms with Crippen molar-refractivity contribution in [1.29, 1.82) is 0 Å². The third-order valence-electron chi connectivity index (χ3n) is 3.16. The van der Waals surface area contributed by atoms with Crippen LogP contribution < -0.4 is 0 Å². The van der Waals surface area contributed by atoms with Crippen LogP contribution in [-0.2, 0) is 6.18 Å². The van der Waals surface area contributed by atoms with Crippen LogP contribution in [0.25, 0.3) is 10.9 Å². The Labute approximate surface area is 131 Å². The number of hydrogen-bond donors (Lipinski definition) is 1. The van der Waals surface area contributed by atoms with E-state index in [1.165, 1.54) is 18.3 Å². The van der Waals surface area contributed by atoms with E-state index in [2.05, 4.69) is 25.9 Å². The highest BCUT2D eigenvalue weighted by molar-refractivity contribution is 9.10. The molecular weight excluding hydrogens is 361 g/mol. The highest BCUT2D eigenvalue weighted by atomic mass is 79.9. The molecule has 3 aromatic rings. The van der Waals surface area contributed by atoms with E-state index >= 15 is 0 Å². The van der Waals surface area contributed by atoms with Crippen molar-refractivity contribution in [3.63, 3.8) is 0 Å². The van der Waals surface area contributed by atoms with Gasteiger partial charge in [0.1, 0.15) is 11.4 Å². The second-order valence-corrected chi connectivity index (χ2v) is 5.54. The Morgan fingerprint density at radius 3 is 2.68 bits per heavy atom. The summed E-state index contributed by atoms with van der Waals surface area (Å²) in [6, 6.07) is 8.59. The molecular formula is C15H8BrF3N2O. The van der Waals surface area contributed by atoms with Crippen molar-refractivity contribution in [2.75, 3.05) is 0 Å². The molecule has 0 saturated carbocycles. The lowest BCUT2D eigenvalue weighted by atomic mass is 10.1. The number of benzene rings is 1. The summed E-state index contributed by atoms with van der Waals surface area (Å²) in [6.45, 7) is 0. The number of carbonyl (C=O) groups is 1. The molecule has 1 N–H and O–H groups in total. The lowest BCUT2D eigenvalue weighted by Gasteiger charge is -2.06. The Bertz CT molecular complexity index is 871. The number of hydrogen-bond acceptors (Lipinski definition) is 2. The average Bonchev–Trinajstić information content (AvgIpc) is 2.88. The first-order chi connectivity index (χ1) is 10.4. The van der Waals surface area contributed by atoms with Gasteiger partial charge in [-0.2, -0.15) is 13.2 Å². The topological polar surface area (TPSA) is 45.8 Å². The Morgan fingerprint density at radius 1 is 1.18 bits per heavy atom. The van der Waals surface area contributed by atoms with E-state index in [-0.39, 0.29) is 11.3 Å². The summed E-state index contributed by atoms with van der Waals surface area (Å²) in [6.07, 6.45) is -3.11. The summed E-state index contributed by atoms with van der Waals surface area (Å²) in [7, 11) is 0. The number of alkyl halides is 3. The number of ketones is 1. The molecule has 2 heterocycles. The predicted molar refractivity (Wildman–Crippen MR) is 78.7 cm³/mol. The van der Waals surface area contributed by atoms with Crippen molar-refractivity contribution < 1.29 is 18.0 Å². The monoisotopic (exact) mass is 368 g/mol. The highest BCUT2D eigenvalue weighted by Gasteiger charge is 2.33. The Morgan fingerprint density at radius 2 is 1.95 bits per heavy atom. The van der Waals surface area contributed by atoms with E-state index < -0.39 is 17.7 Å². The number of halogens is 4. The van der Waals surface area contributed by atoms with Gasteiger partial charge < -0.3 is 4.98 Å². The first-order valence-corrected chi connectivity index (χ1v) is 7.01. The Hall–Kier alpha value is -2.15. The van der Waals surface area contributed by atoms with Gasteiger partial charge >= 0.3 is 6.18 Å². The molecule has 0 unspecified atom stereocenters. The summed E-state index contributed by atoms with van der Waals surface area (Å²) in [5.41, 5.74) is -0.322. The average molecular weight is 369 g/mol. The molecule has 0 fully saturated rings. The maximum absolute atomic E-state index is 12.7. The van der Waals surface area contributed by atoms with E-state index in [4.69, 9.17) is 0 Å². The standard InChI is InChI=1S/C15H8BrF3N2O/c16-8-4-5-11-9(6-8)10(7-20-11)14(22)12-2-1-3-13(21-12)15(17,18)19/h1-7,20H. The van der Waals surface area contributed by atoms with Crippen LogP contribution in [0.1, 0.15) is 21.7 Å². The number of aromatic nitrogens is 2. The number of carbonyl (C=O) groups excluding carboxylic acids is 1. The summed E-state index contributed by atoms with van der Waals surface area (Å²) in [4.78, 5) is 18.8. The fourth-order valence-electron chi connectivity index (χ4n) is 2.14. The molecule has 3 nitrogen and oxygen atoms in total. The van der Waals surface area contributed by atoms with E-state index in [1.807, 2.05) is 0 Å². The molecule has 112 valence electrons. The van der Waals surface area contributed by atoms with Gasteiger partial charge in [0.05, 0.1) is 0 Å². The van der Waals surface area contributed by atoms with E-state index in [1.54, 1.807) is 18.2 Å². The minimum absolute atomic E-state index is 0.240. The number of H-pyrrole nitrogens is 1. The number of nitrogens with one attached hydrogen (secondary N) is 1. The van der Waals surface area contributed by atoms with E-state index in [0.717, 1.165) is 16.1 Å². The second-order valence-electron chi connectivity index (χ2n) is 4.63. The molecule has 0 atom stereocenters. The van der Waals surface area contributed by atoms with Gasteiger partial charge in [-0.05, 0) is 30.3 Å². The first-order valence-electron chi connectivity index (χ1n) is 6.22. The molecule has 0 saturated heterocycles. The largest absolute Gasteiger partial charge is 0.433 e. The predicted octanol–water partition coefficient (Wildman–Crippen LogP) is 4.58. The van der Waals surface area contributed by atoms with Crippen LogP contribution in [0.15, 0.2) is 47.1 Å². The van der Waals surface area contributed by atoms with Gasteiger partial charge in [0.2, 0.25) is 5.78 Å². The number of aromatic amines is 1. The van der Waals surface area contributed by atoms with Crippen LogP contribution in [0.3, 0.4) is 0 Å². The van der Waals surface area contributed by atoms with Crippen molar-refractivity contribution in [3.8, 4) is 0 Å². The molecule has 3 rings (SSSR count). The lowest BCUT2D eigenvalue weighted by molar-refractivity contribution is -0.141. The molecule has 0 aliphatic carbocycles. The minimum Gasteiger partial charge on any atom is -0.360 e. The smallest absolute Gasteiger partial charge is 0.360 e. The van der Waals surface area contributed by atoms with E-state index in [9.17, 15) is 18.0 Å². The van der Waals surface area contributed by atoms with Crippen LogP contribution in [0.5, 0.6) is 0 Å². The van der Waals surface area contributed by atoms with Gasteiger partial charge in [0, 0.05) is 27.1 Å². The highest BCUT2D eigenvalue weighted by Crippen LogP contribution is 2.29. The van der Waals surface area contributed by atoms with Gasteiger partial charge in [0.25, 0.3) is 0 Å². The van der Waals surface area contributed by atoms with Crippen molar-refractivity contribution in [2.24, 2.45) is 0 Å². The molecule has 0 aliphatic rings. The minimum atomic E-state index is -4.58. The fraction of sp³-hybridized carbons (Fsp3) is 0.0667. The maximum atomic E-state index is 12.7. The number of rotatable bonds is 2. The fourth-order valence-corrected chi connectivity index (χ4v) is 2.50. The molecule has 0 bridgehead atoms. The van der Waals surface area contributed by atoms with Gasteiger partial charge in [-0.3, -0.25) is 4.79 Å². The summed E-state index contributed by atoms with van der Waals surface area (Å²) < 4.78 is 38.8. The zero-order valence-electron chi connectivity index (χ0n) is 10.9. The number of pyridine rings is 1. The van der Waals surface area contributed by atoms with Crippen molar-refractivity contribution in [2.45, 2.75) is 6.18 Å². The zero-order chi connectivity index (χ0) is 15.9. The first kappa shape index (κ1) is 14.8. The zero-order valence-corrected chi connectivity index (χ0v) is 12.5. The summed E-state index contributed by atoms with van der Waals surface area (Å²) in [5, 5.41) is 0.624. The summed E-state index contributed by atoms with van der Waals surface area (Å²) >= 11 is 3.30. The van der Waals surface area contributed by atoms with Crippen molar-refractivity contribution >= 4 is 32.6 Å². The third-order valence-corrected chi connectivity index (χ3v) is 3.65. The van der Waals surface area contributed by atoms with Crippen LogP contribution in [0.4, 0.5) is 13.2 Å². The SMILES string of the molecule is O=C(c1cccc(C(F)(F)F)n1)c1c[nH]c2ccc(Br)cc12. The van der Waals surface area contributed by atoms with Crippen molar-refractivity contribution in [1.82, 2.24) is 9.97 Å². The number of nitrogens with zero attached hydrogens (tertiary/aromatic N) is 1. The molecule has 0 spiro atoms. The molecule has 0 aliphatic heterocycles. The maximum Gasteiger partial charge on any atom is 0.433 e. The van der Waals surface area contributed by atoms with Gasteiger partial charge in [-0.15, -0.1) is 0 Å². The molecule has 0 amide bonds. The Kier molecular flexibility index (Phi) is 3.52. The molecule has 1 aromatic carbocycles. The van der Waals surface area contributed by atoms with Gasteiger partial charge in [-0.25, -0.2) is 4.98 Å². The van der Waals surface area contributed by atoms with Crippen LogP contribution in [0, 0.1) is 0 Å². The summed E-state index contributed by atoms with van der Waals surface area (Å²) in [5.74, 6) is -0.560. The third kappa shape index (κ3) is 2.64. The lowest BCUT2D eigenvalue weighted by Crippen LogP contribution is -2.12. The molecule has 2 aromatic heterocycles. The molecule has 22 heavy (non-hydrogen) atoms.